The van der Waals surface area contributed by atoms with Crippen molar-refractivity contribution in [1.29, 1.82) is 0 Å². The zero-order valence-electron chi connectivity index (χ0n) is 82.9. The summed E-state index contributed by atoms with van der Waals surface area (Å²) in [4.78, 5) is 174. The molecule has 10 bridgehead atoms. The molecule has 7 heterocycles. The predicted octanol–water partition coefficient (Wildman–Crippen LogP) is 7.88. The number of fused-ring (bicyclic) bond motifs is 2. The van der Waals surface area contributed by atoms with Gasteiger partial charge in [-0.1, -0.05) is 186 Å². The topological polar surface area (TPSA) is 488 Å². The lowest BCUT2D eigenvalue weighted by molar-refractivity contribution is -0.145. The summed E-state index contributed by atoms with van der Waals surface area (Å²) in [7, 11) is -4.67. The minimum atomic E-state index is -4.16. The number of amides is 10. The van der Waals surface area contributed by atoms with Crippen molar-refractivity contribution in [3.05, 3.63) is 210 Å². The van der Waals surface area contributed by atoms with Crippen LogP contribution in [0.5, 0.6) is 17.2 Å². The molecule has 8 aromatic rings. The van der Waals surface area contributed by atoms with E-state index in [4.69, 9.17) is 25.4 Å². The molecule has 0 spiro atoms. The maximum Gasteiger partial charge on any atom is 0.408 e. The minimum Gasteiger partial charge on any atom is -0.490 e. The molecule has 0 unspecified atom stereocenters. The predicted molar refractivity (Wildman–Crippen MR) is 536 cm³/mol. The number of allylic oxidation sites excluding steroid dienone is 1. The van der Waals surface area contributed by atoms with Gasteiger partial charge in [0.25, 0.3) is 11.8 Å². The van der Waals surface area contributed by atoms with E-state index in [0.717, 1.165) is 21.5 Å². The smallest absolute Gasteiger partial charge is 0.408 e. The van der Waals surface area contributed by atoms with Crippen LogP contribution < -0.4 is 66.2 Å². The number of carbonyl (C=O) groups excluding carboxylic acids is 11. The molecule has 0 radical (unpaired) electrons. The normalized spacial score (nSPS) is 21.1. The molecular weight excluding hydrogens is 1870 g/mol. The van der Waals surface area contributed by atoms with Gasteiger partial charge in [0.2, 0.25) is 61.4 Å². The van der Waals surface area contributed by atoms with Crippen molar-refractivity contribution in [2.24, 2.45) is 22.7 Å². The highest BCUT2D eigenvalue weighted by Gasteiger charge is 2.50. The molecule has 1 aromatic heterocycles. The summed E-state index contributed by atoms with van der Waals surface area (Å²) in [6.45, 7) is 19.2. The Morgan fingerprint density at radius 3 is 1.59 bits per heavy atom. The van der Waals surface area contributed by atoms with Gasteiger partial charge < -0.3 is 76.4 Å². The van der Waals surface area contributed by atoms with Gasteiger partial charge in [0, 0.05) is 45.2 Å². The van der Waals surface area contributed by atoms with Gasteiger partial charge in [-0.25, -0.2) is 26.3 Å². The van der Waals surface area contributed by atoms with Crippen molar-refractivity contribution < 1.29 is 98.4 Å². The third kappa shape index (κ3) is 30.5. The fourth-order valence-electron chi connectivity index (χ4n) is 17.1. The first-order chi connectivity index (χ1) is 67.7. The molecule has 2 aliphatic carbocycles. The molecule has 36 nitrogen and oxygen atoms in total. The number of ether oxygens (including phenoxy) is 4. The van der Waals surface area contributed by atoms with Gasteiger partial charge in [0.1, 0.15) is 90.7 Å². The molecular formula is C105H131N15O21S2. The molecule has 7 aromatic carbocycles. The van der Waals surface area contributed by atoms with Gasteiger partial charge >= 0.3 is 12.1 Å². The summed E-state index contributed by atoms with van der Waals surface area (Å²) in [5.41, 5.74) is 0.870. The molecule has 16 rings (SSSR count). The number of sulfonamides is 2. The standard InChI is InChI=1S/C85H105N13O15S.C20H26N2O6S/c1-50(86-9)75(100)91-73(84(3,4)5)81(106)96-46-56-17-15-16-36-112-64-30-24-52(25-31-64)37-61(83(108)109)44-72(99)67(41-54-22-28-57-18-11-13-20-59(57)38-54)88-80(105)71-45-63(48-97(71)82(107)74(85(6,7)8)92-76(101)51(2)87-10)98-47-62(93-95-98)49-113-65-32-26-53(27-33-65)40-69(78(103)94-114(110,111)66-34-35-66)89-77(102)68(90-79(104)70(96)43-56)42-55-23-29-58-19-12-14-21-60(58)39-55;1-5-12-27-15-8-6-14(7-9-15)13-17(21-19(24)28-20(2,3)4)18(23)22-29(25,26)16-10-11-16/h11-16,18-33,38-39,47,50-51,56,61,63,66-71,73-74,86-87H,17,34-37,40-46,48-49H2,1-10H3,(H,88,105)(H,89,102)(H,90,104)(H,91,100)(H,92,101)(H,94,103)(H,108,109);1,6-9,16-17H,10-13H2,2-4H3,(H,21,24)(H,22,23)/b16-15+;/t50-,51-,56-,61+,63-,67-,68-,69-,70-,71-,73+,74+;17-/m00/s1. The van der Waals surface area contributed by atoms with Gasteiger partial charge in [-0.2, -0.15) is 0 Å². The number of hydrogen-bond acceptors (Lipinski definition) is 24. The number of nitrogens with one attached hydrogen (secondary N) is 10. The lowest BCUT2D eigenvalue weighted by Crippen LogP contribution is -2.61. The summed E-state index contributed by atoms with van der Waals surface area (Å²) >= 11 is 0. The highest BCUT2D eigenvalue weighted by molar-refractivity contribution is 7.91. The molecule has 11 N–H and O–H groups in total. The van der Waals surface area contributed by atoms with Crippen LogP contribution in [0.2, 0.25) is 0 Å². The maximum absolute atomic E-state index is 15.4. The molecule has 10 amide bonds. The number of benzene rings is 7. The van der Waals surface area contributed by atoms with Crippen molar-refractivity contribution >= 4 is 113 Å². The summed E-state index contributed by atoms with van der Waals surface area (Å²) in [5, 5.41) is 44.8. The summed E-state index contributed by atoms with van der Waals surface area (Å²) in [5.74, 6) is -5.74. The fraction of sp³-hybridized carbons (Fsp3) is 0.467. The van der Waals surface area contributed by atoms with E-state index < -0.39 is 197 Å². The number of hydrogen-bond donors (Lipinski definition) is 11. The van der Waals surface area contributed by atoms with Crippen LogP contribution in [0.4, 0.5) is 4.79 Å². The first-order valence-electron chi connectivity index (χ1n) is 48.1. The lowest BCUT2D eigenvalue weighted by Gasteiger charge is -2.36. The van der Waals surface area contributed by atoms with Crippen LogP contribution >= 0.6 is 0 Å². The van der Waals surface area contributed by atoms with Crippen molar-refractivity contribution in [2.45, 2.75) is 249 Å². The second kappa shape index (κ2) is 47.5. The number of aromatic nitrogens is 3. The molecule has 2 saturated heterocycles. The number of carboxylic acids is 1. The van der Waals surface area contributed by atoms with Crippen LogP contribution in [0.25, 0.3) is 21.5 Å². The van der Waals surface area contributed by atoms with E-state index in [0.29, 0.717) is 82.9 Å². The number of likely N-dealkylation sites (N-methyl/N-ethyl adjacent to an activating group) is 2. The van der Waals surface area contributed by atoms with Crippen LogP contribution in [-0.2, 0) is 116 Å². The number of rotatable bonds is 24. The number of nitrogens with zero attached hydrogens (tertiary/aromatic N) is 5. The van der Waals surface area contributed by atoms with E-state index in [1.165, 1.54) is 14.5 Å². The van der Waals surface area contributed by atoms with E-state index in [2.05, 4.69) is 68.2 Å². The van der Waals surface area contributed by atoms with Gasteiger partial charge in [-0.15, -0.1) is 11.5 Å². The summed E-state index contributed by atoms with van der Waals surface area (Å²) in [6.07, 6.45) is 10.9. The van der Waals surface area contributed by atoms with E-state index in [1.807, 2.05) is 91.0 Å². The van der Waals surface area contributed by atoms with E-state index in [9.17, 15) is 50.7 Å². The van der Waals surface area contributed by atoms with Crippen molar-refractivity contribution in [2.75, 3.05) is 40.4 Å². The first kappa shape index (κ1) is 108. The number of carbonyl (C=O) groups is 12. The van der Waals surface area contributed by atoms with Crippen molar-refractivity contribution in [1.82, 2.24) is 76.8 Å². The molecule has 6 aliphatic heterocycles. The number of aliphatic carboxylic acids is 1. The Morgan fingerprint density at radius 2 is 1.07 bits per heavy atom. The molecule has 38 heteroatoms. The number of terminal acetylenes is 1. The van der Waals surface area contributed by atoms with Gasteiger partial charge in [0.15, 0.2) is 5.78 Å². The highest BCUT2D eigenvalue weighted by Crippen LogP contribution is 2.36. The number of alkyl carbamates (subject to hydrolysis) is 1. The Kier molecular flexibility index (Phi) is 35.9. The van der Waals surface area contributed by atoms with Crippen LogP contribution in [0.1, 0.15) is 167 Å². The zero-order valence-corrected chi connectivity index (χ0v) is 84.5. The van der Waals surface area contributed by atoms with E-state index in [-0.39, 0.29) is 83.8 Å². The SMILES string of the molecule is C#CCOc1ccc(C[C@H](NC(=O)OC(C)(C)C)C(=O)NS(=O)(=O)C2CC2)cc1.CN[C@@H](C)C(=O)N[C@H](C(=O)N1C[C@@H]2C[C@H]1C(=O)N[C@@H](Cc1ccc3ccccc3c1)C(=O)C[C@H](C(=O)O)Cc1ccc(cc1)OC/C=C/C[C@H]1C[C@@H](C(=O)N[C@@H](Cc3ccc4ccccc4c3)C(=O)N[C@H](C(=O)NS(=O)(=O)C3CC3)Cc3ccc(cc3)OCc3cn2nn3)N(C(=O)[C@@H](NC(=O)[C@H](C)NC)C(C)(C)C)C1)C(C)(C)C. The van der Waals surface area contributed by atoms with Crippen LogP contribution in [0.15, 0.2) is 176 Å². The van der Waals surface area contributed by atoms with Gasteiger partial charge in [0.05, 0.1) is 46.8 Å². The van der Waals surface area contributed by atoms with E-state index >= 15 is 28.8 Å². The average Bonchev–Trinajstić information content (AvgIpc) is 1.83. The quantitative estimate of drug-likeness (QED) is 0.0202. The Hall–Kier alpha value is -13.6. The molecule has 764 valence electrons. The lowest BCUT2D eigenvalue weighted by atomic mass is 9.85. The van der Waals surface area contributed by atoms with E-state index in [1.54, 1.807) is 175 Å². The minimum absolute atomic E-state index is 0.0307. The van der Waals surface area contributed by atoms with Crippen LogP contribution in [0, 0.1) is 35.0 Å². The molecule has 13 atom stereocenters. The van der Waals surface area contributed by atoms with Gasteiger partial charge in [-0.3, -0.25) is 62.2 Å². The monoisotopic (exact) mass is 2000 g/mol. The Labute approximate surface area is 834 Å². The third-order valence-corrected chi connectivity index (χ3v) is 29.4. The number of likely N-dealkylation sites (tertiary alicyclic amines) is 2. The summed E-state index contributed by atoms with van der Waals surface area (Å²) in [6, 6.07) is 34.4. The third-order valence-electron chi connectivity index (χ3n) is 25.7. The Morgan fingerprint density at radius 1 is 0.566 bits per heavy atom. The fourth-order valence-corrected chi connectivity index (χ4v) is 19.8. The average molecular weight is 2000 g/mol. The maximum atomic E-state index is 15.4. The molecule has 143 heavy (non-hydrogen) atoms. The first-order valence-corrected chi connectivity index (χ1v) is 51.2. The largest absolute Gasteiger partial charge is 0.490 e. The second-order valence-electron chi connectivity index (χ2n) is 40.5. The molecule has 2 saturated carbocycles. The van der Waals surface area contributed by atoms with Crippen LogP contribution in [0.3, 0.4) is 0 Å². The number of carboxylic acid groups (broad SMARTS) is 1. The Bertz CT molecular complexity index is 6260. The molecule has 8 aliphatic rings. The second-order valence-corrected chi connectivity index (χ2v) is 44.4. The Balaban J connectivity index is 0.000000538. The number of ketones is 1. The zero-order chi connectivity index (χ0) is 104. The molecule has 4 fully saturated rings. The highest BCUT2D eigenvalue weighted by atomic mass is 32.2. The van der Waals surface area contributed by atoms with Crippen LogP contribution in [-0.4, -0.2) is 235 Å². The van der Waals surface area contributed by atoms with Crippen molar-refractivity contribution in [3.8, 4) is 29.6 Å². The summed E-state index contributed by atoms with van der Waals surface area (Å²) < 4.78 is 79.9. The number of Topliss-reactive ketones (excluding diaryl/α,β-unsaturated/α-hetero) is 1. The van der Waals surface area contributed by atoms with Crippen molar-refractivity contribution in [3.63, 3.8) is 0 Å². The van der Waals surface area contributed by atoms with Gasteiger partial charge in [-0.05, 0) is 203 Å².